The number of hydrogen-bond acceptors (Lipinski definition) is 0. The summed E-state index contributed by atoms with van der Waals surface area (Å²) in [5.74, 6) is 0.877. The van der Waals surface area contributed by atoms with E-state index in [4.69, 9.17) is 0 Å². The van der Waals surface area contributed by atoms with Gasteiger partial charge < -0.3 is 0 Å². The van der Waals surface area contributed by atoms with Crippen molar-refractivity contribution in [2.24, 2.45) is 5.92 Å². The minimum Gasteiger partial charge on any atom is -0.0845 e. The van der Waals surface area contributed by atoms with Crippen LogP contribution < -0.4 is 0 Å². The summed E-state index contributed by atoms with van der Waals surface area (Å²) >= 11 is 0. The number of rotatable bonds is 10. The Labute approximate surface area is 103 Å². The van der Waals surface area contributed by atoms with Crippen molar-refractivity contribution in [2.45, 2.75) is 72.1 Å². The van der Waals surface area contributed by atoms with E-state index in [0.717, 1.165) is 5.92 Å². The van der Waals surface area contributed by atoms with Crippen molar-refractivity contribution in [2.75, 3.05) is 0 Å². The molecule has 0 aromatic carbocycles. The highest BCUT2D eigenvalue weighted by atomic mass is 14.0. The molecule has 0 radical (unpaired) electrons. The minimum atomic E-state index is 0.877. The van der Waals surface area contributed by atoms with Crippen molar-refractivity contribution >= 4 is 0 Å². The smallest absolute Gasteiger partial charge is 0.0345 e. The van der Waals surface area contributed by atoms with E-state index in [2.05, 4.69) is 45.1 Å². The van der Waals surface area contributed by atoms with Crippen molar-refractivity contribution in [3.8, 4) is 0 Å². The van der Waals surface area contributed by atoms with Crippen LogP contribution in [0.3, 0.4) is 0 Å². The summed E-state index contributed by atoms with van der Waals surface area (Å²) < 4.78 is 0. The average Bonchev–Trinajstić information content (AvgIpc) is 2.31. The topological polar surface area (TPSA) is 0 Å². The molecule has 0 saturated carbocycles. The molecule has 0 saturated heterocycles. The van der Waals surface area contributed by atoms with Crippen LogP contribution in [0.25, 0.3) is 0 Å². The second-order valence-electron chi connectivity index (χ2n) is 4.80. The standard InChI is InChI=1S/C16H30/c1-4-6-7-8-9-10-11-12-13-14-15-16(3)5-2/h10-13,16H,4-9,14-15H2,1-3H3. The van der Waals surface area contributed by atoms with E-state index in [-0.39, 0.29) is 0 Å². The van der Waals surface area contributed by atoms with Crippen LogP contribution in [0, 0.1) is 5.92 Å². The SMILES string of the molecule is CCCCCCC=CC=CCCC(C)CC. The zero-order valence-electron chi connectivity index (χ0n) is 11.5. The summed E-state index contributed by atoms with van der Waals surface area (Å²) in [4.78, 5) is 0. The predicted molar refractivity (Wildman–Crippen MR) is 75.7 cm³/mol. The summed E-state index contributed by atoms with van der Waals surface area (Å²) in [6, 6.07) is 0. The van der Waals surface area contributed by atoms with Gasteiger partial charge in [0.05, 0.1) is 0 Å². The minimum absolute atomic E-state index is 0.877. The van der Waals surface area contributed by atoms with Gasteiger partial charge in [0.2, 0.25) is 0 Å². The third kappa shape index (κ3) is 11.6. The Morgan fingerprint density at radius 3 is 2.19 bits per heavy atom. The number of allylic oxidation sites excluding steroid dienone is 4. The van der Waals surface area contributed by atoms with Gasteiger partial charge in [-0.05, 0) is 31.6 Å². The predicted octanol–water partition coefficient (Wildman–Crippen LogP) is 5.90. The average molecular weight is 222 g/mol. The van der Waals surface area contributed by atoms with E-state index < -0.39 is 0 Å². The highest BCUT2D eigenvalue weighted by molar-refractivity contribution is 5.02. The molecule has 0 aromatic rings. The van der Waals surface area contributed by atoms with E-state index in [1.165, 1.54) is 51.4 Å². The molecule has 16 heavy (non-hydrogen) atoms. The van der Waals surface area contributed by atoms with Crippen LogP contribution in [0.15, 0.2) is 24.3 Å². The Bertz CT molecular complexity index is 176. The Balaban J connectivity index is 3.28. The first kappa shape index (κ1) is 15.5. The highest BCUT2D eigenvalue weighted by Gasteiger charge is 1.94. The molecule has 0 aliphatic carbocycles. The molecule has 1 unspecified atom stereocenters. The van der Waals surface area contributed by atoms with Crippen molar-refractivity contribution in [3.63, 3.8) is 0 Å². The summed E-state index contributed by atoms with van der Waals surface area (Å²) in [5.41, 5.74) is 0. The molecule has 0 amide bonds. The van der Waals surface area contributed by atoms with Crippen LogP contribution in [-0.4, -0.2) is 0 Å². The molecule has 0 heterocycles. The number of hydrogen-bond donors (Lipinski definition) is 0. The molecule has 0 spiro atoms. The van der Waals surface area contributed by atoms with Gasteiger partial charge in [-0.25, -0.2) is 0 Å². The monoisotopic (exact) mass is 222 g/mol. The van der Waals surface area contributed by atoms with Gasteiger partial charge in [0.25, 0.3) is 0 Å². The van der Waals surface area contributed by atoms with Crippen LogP contribution in [0.5, 0.6) is 0 Å². The molecule has 0 heteroatoms. The molecule has 0 aliphatic rings. The molecule has 0 N–H and O–H groups in total. The molecular weight excluding hydrogens is 192 g/mol. The van der Waals surface area contributed by atoms with Crippen LogP contribution in [0.1, 0.15) is 72.1 Å². The Hall–Kier alpha value is -0.520. The van der Waals surface area contributed by atoms with Gasteiger partial charge in [-0.2, -0.15) is 0 Å². The lowest BCUT2D eigenvalue weighted by Gasteiger charge is -2.03. The zero-order chi connectivity index (χ0) is 12.1. The van der Waals surface area contributed by atoms with Gasteiger partial charge in [-0.15, -0.1) is 0 Å². The maximum absolute atomic E-state index is 2.33. The molecule has 0 aromatic heterocycles. The fourth-order valence-electron chi connectivity index (χ4n) is 1.62. The molecule has 0 rings (SSSR count). The largest absolute Gasteiger partial charge is 0.0845 e. The first-order chi connectivity index (χ1) is 7.81. The lowest BCUT2D eigenvalue weighted by molar-refractivity contribution is 0.522. The second-order valence-corrected chi connectivity index (χ2v) is 4.80. The van der Waals surface area contributed by atoms with Gasteiger partial charge in [0.1, 0.15) is 0 Å². The maximum Gasteiger partial charge on any atom is -0.0345 e. The number of unbranched alkanes of at least 4 members (excludes halogenated alkanes) is 4. The van der Waals surface area contributed by atoms with E-state index >= 15 is 0 Å². The highest BCUT2D eigenvalue weighted by Crippen LogP contribution is 2.09. The summed E-state index contributed by atoms with van der Waals surface area (Å²) in [7, 11) is 0. The first-order valence-corrected chi connectivity index (χ1v) is 7.12. The van der Waals surface area contributed by atoms with Crippen molar-refractivity contribution in [1.29, 1.82) is 0 Å². The van der Waals surface area contributed by atoms with Crippen LogP contribution >= 0.6 is 0 Å². The summed E-state index contributed by atoms with van der Waals surface area (Å²) in [5, 5.41) is 0. The van der Waals surface area contributed by atoms with Gasteiger partial charge >= 0.3 is 0 Å². The Morgan fingerprint density at radius 1 is 0.875 bits per heavy atom. The van der Waals surface area contributed by atoms with Crippen molar-refractivity contribution < 1.29 is 0 Å². The summed E-state index contributed by atoms with van der Waals surface area (Å²) in [6.45, 7) is 6.86. The lowest BCUT2D eigenvalue weighted by atomic mass is 10.0. The Kier molecular flexibility index (Phi) is 12.1. The third-order valence-electron chi connectivity index (χ3n) is 3.13. The third-order valence-corrected chi connectivity index (χ3v) is 3.13. The van der Waals surface area contributed by atoms with E-state index in [9.17, 15) is 0 Å². The first-order valence-electron chi connectivity index (χ1n) is 7.12. The van der Waals surface area contributed by atoms with Gasteiger partial charge in [-0.3, -0.25) is 0 Å². The Morgan fingerprint density at radius 2 is 1.56 bits per heavy atom. The van der Waals surface area contributed by atoms with E-state index in [0.29, 0.717) is 0 Å². The molecule has 0 nitrogen and oxygen atoms in total. The fraction of sp³-hybridized carbons (Fsp3) is 0.750. The molecule has 94 valence electrons. The lowest BCUT2D eigenvalue weighted by Crippen LogP contribution is -1.89. The van der Waals surface area contributed by atoms with Gasteiger partial charge in [0.15, 0.2) is 0 Å². The van der Waals surface area contributed by atoms with Crippen LogP contribution in [-0.2, 0) is 0 Å². The van der Waals surface area contributed by atoms with Crippen molar-refractivity contribution in [1.82, 2.24) is 0 Å². The quantitative estimate of drug-likeness (QED) is 0.319. The van der Waals surface area contributed by atoms with Crippen LogP contribution in [0.2, 0.25) is 0 Å². The normalized spacial score (nSPS) is 13.9. The molecular formula is C16H30. The fourth-order valence-corrected chi connectivity index (χ4v) is 1.62. The zero-order valence-corrected chi connectivity index (χ0v) is 11.5. The van der Waals surface area contributed by atoms with Crippen molar-refractivity contribution in [3.05, 3.63) is 24.3 Å². The second kappa shape index (κ2) is 12.5. The molecule has 1 atom stereocenters. The van der Waals surface area contributed by atoms with E-state index in [1.54, 1.807) is 0 Å². The summed E-state index contributed by atoms with van der Waals surface area (Å²) in [6.07, 6.45) is 19.6. The molecule has 0 bridgehead atoms. The van der Waals surface area contributed by atoms with Crippen LogP contribution in [0.4, 0.5) is 0 Å². The van der Waals surface area contributed by atoms with Gasteiger partial charge in [-0.1, -0.05) is 70.8 Å². The molecule has 0 aliphatic heterocycles. The van der Waals surface area contributed by atoms with Gasteiger partial charge in [0, 0.05) is 0 Å². The molecule has 0 fully saturated rings. The van der Waals surface area contributed by atoms with E-state index in [1.807, 2.05) is 0 Å². The maximum atomic E-state index is 2.33.